The van der Waals surface area contributed by atoms with Crippen LogP contribution in [-0.4, -0.2) is 45.3 Å². The minimum Gasteiger partial charge on any atom is -0.382 e. The molecule has 0 aromatic carbocycles. The fourth-order valence-electron chi connectivity index (χ4n) is 1.36. The zero-order valence-corrected chi connectivity index (χ0v) is 9.15. The predicted octanol–water partition coefficient (Wildman–Crippen LogP) is 0.626. The van der Waals surface area contributed by atoms with Crippen LogP contribution in [0.2, 0.25) is 0 Å². The maximum atomic E-state index is 13.1. The van der Waals surface area contributed by atoms with Gasteiger partial charge < -0.3 is 20.4 Å². The van der Waals surface area contributed by atoms with E-state index in [0.717, 1.165) is 12.8 Å². The van der Waals surface area contributed by atoms with Crippen molar-refractivity contribution in [3.8, 4) is 0 Å². The van der Waals surface area contributed by atoms with E-state index >= 15 is 0 Å². The molecular formula is C10H20F2O4. The van der Waals surface area contributed by atoms with Gasteiger partial charge in [0, 0.05) is 0 Å². The van der Waals surface area contributed by atoms with E-state index in [-0.39, 0.29) is 13.1 Å². The second-order valence-corrected chi connectivity index (χ2v) is 3.89. The van der Waals surface area contributed by atoms with Crippen molar-refractivity contribution in [1.82, 2.24) is 0 Å². The molecule has 0 radical (unpaired) electrons. The van der Waals surface area contributed by atoms with Gasteiger partial charge in [-0.3, -0.25) is 4.39 Å². The highest BCUT2D eigenvalue weighted by molar-refractivity contribution is 4.73. The van der Waals surface area contributed by atoms with Crippen LogP contribution in [0.4, 0.5) is 8.78 Å². The first-order chi connectivity index (χ1) is 7.39. The molecule has 0 spiro atoms. The van der Waals surface area contributed by atoms with Crippen LogP contribution in [0.1, 0.15) is 38.5 Å². The van der Waals surface area contributed by atoms with Crippen molar-refractivity contribution in [2.24, 2.45) is 0 Å². The standard InChI is InChI=1S/C10H20F2O4/c11-7-5-3-1-2-4-6-8(12)9(13)10(14,15)16/h8-9,13-16H,1-7H2. The largest absolute Gasteiger partial charge is 0.382 e. The Morgan fingerprint density at radius 2 is 1.44 bits per heavy atom. The summed E-state index contributed by atoms with van der Waals surface area (Å²) in [5.41, 5.74) is 0. The topological polar surface area (TPSA) is 80.9 Å². The van der Waals surface area contributed by atoms with Crippen LogP contribution in [0.15, 0.2) is 0 Å². The summed E-state index contributed by atoms with van der Waals surface area (Å²) in [4.78, 5) is 0. The summed E-state index contributed by atoms with van der Waals surface area (Å²) in [7, 11) is 0. The SMILES string of the molecule is OC(C(F)CCCCCCCF)C(O)(O)O. The van der Waals surface area contributed by atoms with Gasteiger partial charge in [0.05, 0.1) is 6.67 Å². The highest BCUT2D eigenvalue weighted by Crippen LogP contribution is 2.17. The van der Waals surface area contributed by atoms with E-state index in [9.17, 15) is 8.78 Å². The Balaban J connectivity index is 3.54. The van der Waals surface area contributed by atoms with Gasteiger partial charge in [0.2, 0.25) is 0 Å². The summed E-state index contributed by atoms with van der Waals surface area (Å²) in [5.74, 6) is -3.40. The zero-order valence-electron chi connectivity index (χ0n) is 9.15. The molecule has 0 saturated heterocycles. The number of halogens is 2. The lowest BCUT2D eigenvalue weighted by Crippen LogP contribution is -2.47. The number of unbranched alkanes of at least 4 members (excludes halogenated alkanes) is 4. The lowest BCUT2D eigenvalue weighted by atomic mass is 10.0. The zero-order chi connectivity index (χ0) is 12.6. The minimum absolute atomic E-state index is 0.0692. The quantitative estimate of drug-likeness (QED) is 0.353. The van der Waals surface area contributed by atoms with Crippen molar-refractivity contribution in [2.75, 3.05) is 6.67 Å². The number of hydrogen-bond acceptors (Lipinski definition) is 4. The number of aliphatic hydroxyl groups excluding tert-OH is 1. The highest BCUT2D eigenvalue weighted by atomic mass is 19.1. The molecule has 4 nitrogen and oxygen atoms in total. The molecule has 0 fully saturated rings. The summed E-state index contributed by atoms with van der Waals surface area (Å²) in [6.45, 7) is -0.355. The third kappa shape index (κ3) is 7.05. The van der Waals surface area contributed by atoms with Gasteiger partial charge in [0.1, 0.15) is 6.17 Å². The van der Waals surface area contributed by atoms with Gasteiger partial charge in [-0.1, -0.05) is 25.7 Å². The van der Waals surface area contributed by atoms with Crippen molar-refractivity contribution in [3.63, 3.8) is 0 Å². The number of hydrogen-bond donors (Lipinski definition) is 4. The Hall–Kier alpha value is -0.300. The van der Waals surface area contributed by atoms with E-state index in [4.69, 9.17) is 20.4 Å². The molecule has 0 heterocycles. The molecule has 2 unspecified atom stereocenters. The van der Waals surface area contributed by atoms with Crippen molar-refractivity contribution in [1.29, 1.82) is 0 Å². The summed E-state index contributed by atoms with van der Waals surface area (Å²) < 4.78 is 24.8. The molecule has 0 aliphatic heterocycles. The van der Waals surface area contributed by atoms with Crippen LogP contribution in [0.3, 0.4) is 0 Å². The number of rotatable bonds is 9. The minimum atomic E-state index is -3.40. The molecule has 4 N–H and O–H groups in total. The first-order valence-corrected chi connectivity index (χ1v) is 5.44. The van der Waals surface area contributed by atoms with Gasteiger partial charge in [0.25, 0.3) is 0 Å². The second-order valence-electron chi connectivity index (χ2n) is 3.89. The van der Waals surface area contributed by atoms with Gasteiger partial charge >= 0.3 is 5.97 Å². The average Bonchev–Trinajstić information content (AvgIpc) is 2.20. The Morgan fingerprint density at radius 1 is 0.938 bits per heavy atom. The van der Waals surface area contributed by atoms with Gasteiger partial charge in [-0.2, -0.15) is 0 Å². The van der Waals surface area contributed by atoms with E-state index in [1.54, 1.807) is 0 Å². The summed E-state index contributed by atoms with van der Waals surface area (Å²) in [6, 6.07) is 0. The van der Waals surface area contributed by atoms with Gasteiger partial charge in [-0.15, -0.1) is 0 Å². The van der Waals surface area contributed by atoms with Gasteiger partial charge in [0.15, 0.2) is 6.10 Å². The summed E-state index contributed by atoms with van der Waals surface area (Å²) in [5, 5.41) is 34.4. The molecule has 16 heavy (non-hydrogen) atoms. The molecule has 0 aromatic rings. The lowest BCUT2D eigenvalue weighted by molar-refractivity contribution is -0.363. The molecule has 0 amide bonds. The van der Waals surface area contributed by atoms with Crippen molar-refractivity contribution < 1.29 is 29.2 Å². The van der Waals surface area contributed by atoms with E-state index in [0.29, 0.717) is 19.3 Å². The number of aliphatic hydroxyl groups is 4. The molecule has 0 rings (SSSR count). The molecule has 6 heteroatoms. The highest BCUT2D eigenvalue weighted by Gasteiger charge is 2.37. The third-order valence-electron chi connectivity index (χ3n) is 2.35. The maximum Gasteiger partial charge on any atom is 0.305 e. The van der Waals surface area contributed by atoms with Crippen molar-refractivity contribution >= 4 is 0 Å². The molecule has 98 valence electrons. The second kappa shape index (κ2) is 7.89. The van der Waals surface area contributed by atoms with Crippen LogP contribution >= 0.6 is 0 Å². The number of alkyl halides is 2. The molecule has 0 aliphatic carbocycles. The molecular weight excluding hydrogens is 222 g/mol. The van der Waals surface area contributed by atoms with E-state index in [1.807, 2.05) is 0 Å². The van der Waals surface area contributed by atoms with Crippen LogP contribution in [0.5, 0.6) is 0 Å². The van der Waals surface area contributed by atoms with Gasteiger partial charge in [-0.25, -0.2) is 4.39 Å². The van der Waals surface area contributed by atoms with E-state index in [1.165, 1.54) is 0 Å². The smallest absolute Gasteiger partial charge is 0.305 e. The Kier molecular flexibility index (Phi) is 7.74. The fourth-order valence-corrected chi connectivity index (χ4v) is 1.36. The maximum absolute atomic E-state index is 13.1. The summed E-state index contributed by atoms with van der Waals surface area (Å²) >= 11 is 0. The average molecular weight is 242 g/mol. The molecule has 0 aromatic heterocycles. The first-order valence-electron chi connectivity index (χ1n) is 5.44. The monoisotopic (exact) mass is 242 g/mol. The van der Waals surface area contributed by atoms with Crippen LogP contribution in [0.25, 0.3) is 0 Å². The third-order valence-corrected chi connectivity index (χ3v) is 2.35. The molecule has 2 atom stereocenters. The fraction of sp³-hybridized carbons (Fsp3) is 1.00. The Bertz CT molecular complexity index is 173. The van der Waals surface area contributed by atoms with E-state index < -0.39 is 18.2 Å². The van der Waals surface area contributed by atoms with Crippen LogP contribution in [-0.2, 0) is 0 Å². The molecule has 0 bridgehead atoms. The van der Waals surface area contributed by atoms with E-state index in [2.05, 4.69) is 0 Å². The van der Waals surface area contributed by atoms with Crippen LogP contribution < -0.4 is 0 Å². The Labute approximate surface area is 93.5 Å². The molecule has 0 aliphatic rings. The van der Waals surface area contributed by atoms with Crippen molar-refractivity contribution in [3.05, 3.63) is 0 Å². The van der Waals surface area contributed by atoms with Gasteiger partial charge in [-0.05, 0) is 12.8 Å². The first kappa shape index (κ1) is 15.7. The Morgan fingerprint density at radius 3 is 1.94 bits per heavy atom. The van der Waals surface area contributed by atoms with Crippen molar-refractivity contribution in [2.45, 2.75) is 56.8 Å². The molecule has 0 saturated carbocycles. The lowest BCUT2D eigenvalue weighted by Gasteiger charge is -2.23. The van der Waals surface area contributed by atoms with Crippen LogP contribution in [0, 0.1) is 0 Å². The summed E-state index contributed by atoms with van der Waals surface area (Å²) in [6.07, 6.45) is -1.05. The predicted molar refractivity (Wildman–Crippen MR) is 54.0 cm³/mol. The normalized spacial score (nSPS) is 16.1.